The quantitative estimate of drug-likeness (QED) is 0.871. The maximum Gasteiger partial charge on any atom is 0.200 e. The van der Waals surface area contributed by atoms with E-state index in [1.807, 2.05) is 6.07 Å². The molecule has 0 saturated heterocycles. The molecule has 0 amide bonds. The van der Waals surface area contributed by atoms with Gasteiger partial charge in [0.15, 0.2) is 0 Å². The van der Waals surface area contributed by atoms with Gasteiger partial charge in [-0.3, -0.25) is 0 Å². The molecular formula is C15H11ClO3S. The summed E-state index contributed by atoms with van der Waals surface area (Å²) in [4.78, 5) is 0.338. The molecule has 0 fully saturated rings. The van der Waals surface area contributed by atoms with Crippen LogP contribution in [0.2, 0.25) is 5.02 Å². The van der Waals surface area contributed by atoms with Gasteiger partial charge in [-0.15, -0.1) is 0 Å². The monoisotopic (exact) mass is 306 g/mol. The second kappa shape index (κ2) is 4.96. The minimum atomic E-state index is -3.34. The van der Waals surface area contributed by atoms with Gasteiger partial charge in [0, 0.05) is 21.6 Å². The van der Waals surface area contributed by atoms with Crippen molar-refractivity contribution in [3.8, 4) is 5.75 Å². The Morgan fingerprint density at radius 1 is 1.05 bits per heavy atom. The van der Waals surface area contributed by atoms with E-state index in [4.69, 9.17) is 16.3 Å². The van der Waals surface area contributed by atoms with Crippen LogP contribution in [0, 0.1) is 0 Å². The number of benzene rings is 2. The van der Waals surface area contributed by atoms with Crippen molar-refractivity contribution in [2.45, 2.75) is 4.90 Å². The molecule has 1 aliphatic rings. The van der Waals surface area contributed by atoms with Crippen LogP contribution in [-0.4, -0.2) is 15.0 Å². The standard InChI is InChI=1S/C15H11ClO3S/c16-12-4-3-5-13(8-12)19-9-11-10-20(17,18)15-7-2-1-6-14(11)15/h1-8,10H,9H2. The molecule has 0 bridgehead atoms. The highest BCUT2D eigenvalue weighted by atomic mass is 35.5. The summed E-state index contributed by atoms with van der Waals surface area (Å²) in [5.74, 6) is 0.611. The molecule has 0 unspecified atom stereocenters. The third-order valence-corrected chi connectivity index (χ3v) is 4.83. The summed E-state index contributed by atoms with van der Waals surface area (Å²) in [5.41, 5.74) is 1.36. The fourth-order valence-electron chi connectivity index (χ4n) is 2.12. The van der Waals surface area contributed by atoms with E-state index < -0.39 is 9.84 Å². The number of hydrogen-bond acceptors (Lipinski definition) is 3. The van der Waals surface area contributed by atoms with Crippen LogP contribution >= 0.6 is 11.6 Å². The molecule has 5 heteroatoms. The average molecular weight is 307 g/mol. The van der Waals surface area contributed by atoms with Gasteiger partial charge >= 0.3 is 0 Å². The summed E-state index contributed by atoms with van der Waals surface area (Å²) in [6, 6.07) is 13.9. The molecule has 102 valence electrons. The normalized spacial score (nSPS) is 15.6. The Morgan fingerprint density at radius 3 is 2.65 bits per heavy atom. The smallest absolute Gasteiger partial charge is 0.200 e. The molecule has 2 aromatic carbocycles. The number of rotatable bonds is 3. The highest BCUT2D eigenvalue weighted by Gasteiger charge is 2.26. The SMILES string of the molecule is O=S1(=O)C=C(COc2cccc(Cl)c2)c2ccccc21. The van der Waals surface area contributed by atoms with Crippen LogP contribution in [0.15, 0.2) is 58.8 Å². The fraction of sp³-hybridized carbons (Fsp3) is 0.0667. The Balaban J connectivity index is 1.86. The van der Waals surface area contributed by atoms with Gasteiger partial charge < -0.3 is 4.74 Å². The van der Waals surface area contributed by atoms with Crippen molar-refractivity contribution in [2.24, 2.45) is 0 Å². The number of sulfone groups is 1. The highest BCUT2D eigenvalue weighted by Crippen LogP contribution is 2.33. The molecule has 2 aromatic rings. The zero-order valence-electron chi connectivity index (χ0n) is 10.4. The van der Waals surface area contributed by atoms with Gasteiger partial charge in [-0.25, -0.2) is 8.42 Å². The lowest BCUT2D eigenvalue weighted by Gasteiger charge is -2.07. The predicted octanol–water partition coefficient (Wildman–Crippen LogP) is 3.55. The van der Waals surface area contributed by atoms with Crippen molar-refractivity contribution in [3.05, 3.63) is 64.5 Å². The molecule has 3 rings (SSSR count). The summed E-state index contributed by atoms with van der Waals surface area (Å²) in [6.45, 7) is 0.191. The molecule has 0 atom stereocenters. The zero-order valence-corrected chi connectivity index (χ0v) is 12.0. The zero-order chi connectivity index (χ0) is 14.2. The van der Waals surface area contributed by atoms with Crippen molar-refractivity contribution < 1.29 is 13.2 Å². The van der Waals surface area contributed by atoms with Gasteiger partial charge in [0.25, 0.3) is 0 Å². The van der Waals surface area contributed by atoms with E-state index >= 15 is 0 Å². The van der Waals surface area contributed by atoms with E-state index in [0.29, 0.717) is 26.8 Å². The van der Waals surface area contributed by atoms with Crippen LogP contribution in [0.25, 0.3) is 5.57 Å². The van der Waals surface area contributed by atoms with Crippen molar-refractivity contribution >= 4 is 27.0 Å². The third-order valence-electron chi connectivity index (χ3n) is 3.03. The summed E-state index contributed by atoms with van der Waals surface area (Å²) in [7, 11) is -3.34. The molecule has 0 saturated carbocycles. The van der Waals surface area contributed by atoms with Gasteiger partial charge in [0.2, 0.25) is 9.84 Å². The lowest BCUT2D eigenvalue weighted by molar-refractivity contribution is 0.370. The van der Waals surface area contributed by atoms with Crippen LogP contribution in [0.1, 0.15) is 5.56 Å². The van der Waals surface area contributed by atoms with Gasteiger partial charge in [0.05, 0.1) is 4.90 Å². The van der Waals surface area contributed by atoms with Crippen molar-refractivity contribution in [1.29, 1.82) is 0 Å². The van der Waals surface area contributed by atoms with Gasteiger partial charge in [-0.05, 0) is 24.3 Å². The van der Waals surface area contributed by atoms with Crippen LogP contribution in [0.4, 0.5) is 0 Å². The Hall–Kier alpha value is -1.78. The maximum absolute atomic E-state index is 12.0. The summed E-state index contributed by atoms with van der Waals surface area (Å²) in [6.07, 6.45) is 0. The molecular weight excluding hydrogens is 296 g/mol. The first-order chi connectivity index (χ1) is 9.56. The van der Waals surface area contributed by atoms with Gasteiger partial charge in [0.1, 0.15) is 12.4 Å². The number of ether oxygens (including phenoxy) is 1. The van der Waals surface area contributed by atoms with E-state index in [2.05, 4.69) is 0 Å². The first-order valence-electron chi connectivity index (χ1n) is 6.00. The Labute approximate surface area is 122 Å². The van der Waals surface area contributed by atoms with Crippen LogP contribution in [-0.2, 0) is 9.84 Å². The van der Waals surface area contributed by atoms with Crippen molar-refractivity contribution in [1.82, 2.24) is 0 Å². The molecule has 3 nitrogen and oxygen atoms in total. The van der Waals surface area contributed by atoms with E-state index in [9.17, 15) is 8.42 Å². The number of fused-ring (bicyclic) bond motifs is 1. The maximum atomic E-state index is 12.0. The highest BCUT2D eigenvalue weighted by molar-refractivity contribution is 7.95. The van der Waals surface area contributed by atoms with Gasteiger partial charge in [-0.1, -0.05) is 35.9 Å². The summed E-state index contributed by atoms with van der Waals surface area (Å²) >= 11 is 5.88. The molecule has 0 N–H and O–H groups in total. The summed E-state index contributed by atoms with van der Waals surface area (Å²) in [5, 5.41) is 1.85. The average Bonchev–Trinajstić information content (AvgIpc) is 2.69. The lowest BCUT2D eigenvalue weighted by Crippen LogP contribution is -1.99. The number of halogens is 1. The Kier molecular flexibility index (Phi) is 3.28. The largest absolute Gasteiger partial charge is 0.489 e. The minimum absolute atomic E-state index is 0.191. The molecule has 0 radical (unpaired) electrons. The van der Waals surface area contributed by atoms with E-state index in [1.54, 1.807) is 42.5 Å². The second-order valence-corrected chi connectivity index (χ2v) is 6.63. The fourth-order valence-corrected chi connectivity index (χ4v) is 3.77. The molecule has 20 heavy (non-hydrogen) atoms. The van der Waals surface area contributed by atoms with Crippen LogP contribution < -0.4 is 4.74 Å². The minimum Gasteiger partial charge on any atom is -0.489 e. The number of hydrogen-bond donors (Lipinski definition) is 0. The molecule has 0 aromatic heterocycles. The van der Waals surface area contributed by atoms with E-state index in [-0.39, 0.29) is 6.61 Å². The van der Waals surface area contributed by atoms with Crippen LogP contribution in [0.5, 0.6) is 5.75 Å². The topological polar surface area (TPSA) is 43.4 Å². The second-order valence-electron chi connectivity index (χ2n) is 4.43. The van der Waals surface area contributed by atoms with E-state index in [0.717, 1.165) is 0 Å². The molecule has 0 aliphatic carbocycles. The molecule has 1 heterocycles. The summed E-state index contributed by atoms with van der Waals surface area (Å²) < 4.78 is 29.6. The Bertz CT molecular complexity index is 794. The van der Waals surface area contributed by atoms with Gasteiger partial charge in [-0.2, -0.15) is 0 Å². The predicted molar refractivity (Wildman–Crippen MR) is 78.6 cm³/mol. The van der Waals surface area contributed by atoms with Crippen molar-refractivity contribution in [3.63, 3.8) is 0 Å². The molecule has 0 spiro atoms. The van der Waals surface area contributed by atoms with E-state index in [1.165, 1.54) is 5.41 Å². The first-order valence-corrected chi connectivity index (χ1v) is 7.92. The Morgan fingerprint density at radius 2 is 1.85 bits per heavy atom. The first kappa shape index (κ1) is 13.2. The third kappa shape index (κ3) is 2.44. The van der Waals surface area contributed by atoms with Crippen molar-refractivity contribution in [2.75, 3.05) is 6.61 Å². The van der Waals surface area contributed by atoms with Crippen LogP contribution in [0.3, 0.4) is 0 Å². The molecule has 1 aliphatic heterocycles. The lowest BCUT2D eigenvalue weighted by atomic mass is 10.1.